The highest BCUT2D eigenvalue weighted by Crippen LogP contribution is 2.18. The Morgan fingerprint density at radius 1 is 0.844 bits per heavy atom. The van der Waals surface area contributed by atoms with Crippen LogP contribution in [0.2, 0.25) is 0 Å². The van der Waals surface area contributed by atoms with Gasteiger partial charge in [0.05, 0.1) is 0 Å². The molecule has 3 aromatic rings. The number of rotatable bonds is 27. The minimum atomic E-state index is -0.627. The summed E-state index contributed by atoms with van der Waals surface area (Å²) in [4.78, 5) is 12.2. The van der Waals surface area contributed by atoms with Gasteiger partial charge in [-0.15, -0.1) is 5.10 Å². The lowest BCUT2D eigenvalue weighted by molar-refractivity contribution is 0.0471. The van der Waals surface area contributed by atoms with Crippen LogP contribution >= 0.6 is 0 Å². The number of amides is 1. The molecule has 0 aliphatic rings. The van der Waals surface area contributed by atoms with Gasteiger partial charge in [0.15, 0.2) is 6.10 Å². The monoisotopic (exact) mass is 631 g/mol. The molecule has 45 heavy (non-hydrogen) atoms. The van der Waals surface area contributed by atoms with E-state index in [4.69, 9.17) is 23.3 Å². The van der Waals surface area contributed by atoms with E-state index in [1.165, 1.54) is 77.0 Å². The highest BCUT2D eigenvalue weighted by molar-refractivity contribution is 5.67. The van der Waals surface area contributed by atoms with Crippen LogP contribution < -0.4 is 14.8 Å². The van der Waals surface area contributed by atoms with Crippen LogP contribution in [0.5, 0.6) is 11.8 Å². The second kappa shape index (κ2) is 22.8. The lowest BCUT2D eigenvalue weighted by atomic mass is 10.0. The number of aryl methyl sites for hydroxylation is 3. The van der Waals surface area contributed by atoms with Crippen molar-refractivity contribution >= 4 is 6.09 Å². The lowest BCUT2D eigenvalue weighted by Crippen LogP contribution is -2.34. The summed E-state index contributed by atoms with van der Waals surface area (Å²) in [5, 5.41) is 21.7. The van der Waals surface area contributed by atoms with Gasteiger partial charge in [-0.05, 0) is 53.3 Å². The van der Waals surface area contributed by atoms with Gasteiger partial charge in [0.25, 0.3) is 11.8 Å². The van der Waals surface area contributed by atoms with Gasteiger partial charge in [-0.3, -0.25) is 0 Å². The maximum atomic E-state index is 12.2. The van der Waals surface area contributed by atoms with E-state index in [2.05, 4.69) is 38.1 Å². The van der Waals surface area contributed by atoms with Crippen LogP contribution in [0, 0.1) is 6.92 Å². The normalized spacial score (nSPS) is 11.9. The summed E-state index contributed by atoms with van der Waals surface area (Å²) in [7, 11) is 0. The average molecular weight is 632 g/mol. The van der Waals surface area contributed by atoms with Gasteiger partial charge in [-0.25, -0.2) is 9.48 Å². The number of aromatic nitrogens is 6. The molecule has 0 radical (unpaired) electrons. The SMILES string of the molecule is CCCCCCCCCCCCCCCc1cc(OCC(COC(=O)NCCCCCn2cnnn2)Oc2cc(C)on2)no1. The minimum Gasteiger partial charge on any atom is -0.471 e. The zero-order valence-corrected chi connectivity index (χ0v) is 27.3. The maximum Gasteiger partial charge on any atom is 0.407 e. The Kier molecular flexibility index (Phi) is 18.2. The molecule has 13 heteroatoms. The Balaban J connectivity index is 1.26. The molecule has 1 atom stereocenters. The fraction of sp³-hybridized carbons (Fsp3) is 0.750. The van der Waals surface area contributed by atoms with E-state index < -0.39 is 12.2 Å². The molecular formula is C32H53N7O6. The third-order valence-corrected chi connectivity index (χ3v) is 7.50. The van der Waals surface area contributed by atoms with Crippen LogP contribution in [-0.4, -0.2) is 62.5 Å². The Hall–Kier alpha value is -3.64. The first-order chi connectivity index (χ1) is 22.1. The van der Waals surface area contributed by atoms with Crippen molar-refractivity contribution < 1.29 is 28.1 Å². The minimum absolute atomic E-state index is 0.0410. The molecule has 0 fully saturated rings. The second-order valence-corrected chi connectivity index (χ2v) is 11.6. The molecule has 0 bridgehead atoms. The van der Waals surface area contributed by atoms with E-state index in [1.54, 1.807) is 24.0 Å². The molecule has 0 aromatic carbocycles. The first-order valence-corrected chi connectivity index (χ1v) is 16.9. The molecule has 0 aliphatic carbocycles. The van der Waals surface area contributed by atoms with Crippen molar-refractivity contribution in [3.05, 3.63) is 30.0 Å². The number of hydrogen-bond donors (Lipinski definition) is 1. The number of carbonyl (C=O) groups excluding carboxylic acids is 1. The second-order valence-electron chi connectivity index (χ2n) is 11.6. The molecule has 0 spiro atoms. The molecule has 3 aromatic heterocycles. The summed E-state index contributed by atoms with van der Waals surface area (Å²) in [6.45, 7) is 5.32. The van der Waals surface area contributed by atoms with Gasteiger partial charge in [-0.1, -0.05) is 84.0 Å². The summed E-state index contributed by atoms with van der Waals surface area (Å²) < 4.78 is 29.3. The number of nitrogens with one attached hydrogen (secondary N) is 1. The van der Waals surface area contributed by atoms with Gasteiger partial charge in [0.1, 0.15) is 31.1 Å². The molecule has 3 heterocycles. The highest BCUT2D eigenvalue weighted by Gasteiger charge is 2.18. The van der Waals surface area contributed by atoms with E-state index in [0.717, 1.165) is 44.4 Å². The first kappa shape index (κ1) is 35.8. The van der Waals surface area contributed by atoms with Crippen molar-refractivity contribution in [2.24, 2.45) is 0 Å². The number of tetrazole rings is 1. The van der Waals surface area contributed by atoms with E-state index in [1.807, 2.05) is 6.07 Å². The fourth-order valence-electron chi connectivity index (χ4n) is 4.93. The maximum absolute atomic E-state index is 12.2. The standard InChI is InChI=1S/C32H53N7O6/c1-3-4-5-6-7-8-9-10-11-12-13-14-16-19-28-23-30(35-45-28)41-24-29(43-31-22-27(2)44-36-31)25-42-32(40)33-20-17-15-18-21-39-26-34-37-38-39/h22-23,26,29H,3-21,24-25H2,1-2H3,(H,33,40). The number of alkyl carbamates (subject to hydrolysis) is 1. The first-order valence-electron chi connectivity index (χ1n) is 16.9. The summed E-state index contributed by atoms with van der Waals surface area (Å²) >= 11 is 0. The van der Waals surface area contributed by atoms with Gasteiger partial charge in [0.2, 0.25) is 0 Å². The summed E-state index contributed by atoms with van der Waals surface area (Å²) in [6.07, 6.45) is 21.1. The quantitative estimate of drug-likeness (QED) is 0.0864. The van der Waals surface area contributed by atoms with Crippen molar-refractivity contribution in [2.75, 3.05) is 19.8 Å². The molecule has 0 saturated carbocycles. The Bertz CT molecular complexity index is 1140. The van der Waals surface area contributed by atoms with Gasteiger partial charge < -0.3 is 28.6 Å². The van der Waals surface area contributed by atoms with Crippen LogP contribution in [-0.2, 0) is 17.7 Å². The fourth-order valence-corrected chi connectivity index (χ4v) is 4.93. The van der Waals surface area contributed by atoms with E-state index >= 15 is 0 Å². The van der Waals surface area contributed by atoms with Crippen LogP contribution in [0.4, 0.5) is 4.79 Å². The molecule has 13 nitrogen and oxygen atoms in total. The Labute approximate surface area is 267 Å². The van der Waals surface area contributed by atoms with Gasteiger partial charge in [0, 0.05) is 31.6 Å². The average Bonchev–Trinajstić information content (AvgIpc) is 3.82. The van der Waals surface area contributed by atoms with Crippen molar-refractivity contribution in [3.8, 4) is 11.8 Å². The van der Waals surface area contributed by atoms with E-state index in [0.29, 0.717) is 18.2 Å². The van der Waals surface area contributed by atoms with Crippen molar-refractivity contribution in [2.45, 2.75) is 136 Å². The van der Waals surface area contributed by atoms with E-state index in [-0.39, 0.29) is 19.1 Å². The summed E-state index contributed by atoms with van der Waals surface area (Å²) in [6, 6.07) is 3.47. The van der Waals surface area contributed by atoms with Crippen molar-refractivity contribution in [3.63, 3.8) is 0 Å². The topological polar surface area (TPSA) is 152 Å². The van der Waals surface area contributed by atoms with Crippen LogP contribution in [0.1, 0.15) is 121 Å². The molecule has 252 valence electrons. The number of nitrogens with zero attached hydrogens (tertiary/aromatic N) is 6. The van der Waals surface area contributed by atoms with Crippen molar-refractivity contribution in [1.29, 1.82) is 0 Å². The zero-order chi connectivity index (χ0) is 31.8. The van der Waals surface area contributed by atoms with Gasteiger partial charge in [-0.2, -0.15) is 0 Å². The van der Waals surface area contributed by atoms with E-state index in [9.17, 15) is 4.79 Å². The lowest BCUT2D eigenvalue weighted by Gasteiger charge is -2.17. The van der Waals surface area contributed by atoms with Gasteiger partial charge >= 0.3 is 6.09 Å². The molecule has 0 aliphatic heterocycles. The number of ether oxygens (including phenoxy) is 3. The molecule has 1 N–H and O–H groups in total. The molecule has 1 amide bonds. The van der Waals surface area contributed by atoms with Crippen LogP contribution in [0.3, 0.4) is 0 Å². The molecule has 3 rings (SSSR count). The smallest absolute Gasteiger partial charge is 0.407 e. The third-order valence-electron chi connectivity index (χ3n) is 7.50. The number of hydrogen-bond acceptors (Lipinski definition) is 11. The molecule has 0 saturated heterocycles. The molecule has 1 unspecified atom stereocenters. The zero-order valence-electron chi connectivity index (χ0n) is 27.3. The third kappa shape index (κ3) is 16.9. The number of unbranched alkanes of at least 4 members (excludes halogenated alkanes) is 14. The predicted octanol–water partition coefficient (Wildman–Crippen LogP) is 7.01. The molecular weight excluding hydrogens is 578 g/mol. The van der Waals surface area contributed by atoms with Crippen molar-refractivity contribution in [1.82, 2.24) is 35.8 Å². The van der Waals surface area contributed by atoms with Crippen LogP contribution in [0.15, 0.2) is 27.5 Å². The Morgan fingerprint density at radius 2 is 1.53 bits per heavy atom. The predicted molar refractivity (Wildman–Crippen MR) is 168 cm³/mol. The summed E-state index contributed by atoms with van der Waals surface area (Å²) in [5.74, 6) is 2.07. The Morgan fingerprint density at radius 3 is 2.20 bits per heavy atom. The number of carbonyl (C=O) groups is 1. The van der Waals surface area contributed by atoms with Crippen LogP contribution in [0.25, 0.3) is 0 Å². The largest absolute Gasteiger partial charge is 0.471 e. The summed E-state index contributed by atoms with van der Waals surface area (Å²) in [5.41, 5.74) is 0. The highest BCUT2D eigenvalue weighted by atomic mass is 16.6.